The molecule has 24 heavy (non-hydrogen) atoms. The van der Waals surface area contributed by atoms with Crippen LogP contribution in [-0.2, 0) is 16.1 Å². The number of rotatable bonds is 7. The number of amides is 2. The number of benzene rings is 1. The van der Waals surface area contributed by atoms with Crippen molar-refractivity contribution in [3.63, 3.8) is 0 Å². The standard InChI is InChI=1S/C18H27N3O2.ClH/c19-16-9-5-4-8-15(16)12-18(23)21(11-10-17(20)22)13-14-6-2-1-3-7-14;/h1-3,6-7,15-16H,4-5,8-13,19H2,(H2,20,22);1H. The molecule has 1 aliphatic carbocycles. The van der Waals surface area contributed by atoms with Crippen LogP contribution < -0.4 is 11.5 Å². The zero-order valence-electron chi connectivity index (χ0n) is 14.0. The first kappa shape index (κ1) is 20.5. The van der Waals surface area contributed by atoms with Crippen molar-refractivity contribution in [1.82, 2.24) is 4.90 Å². The van der Waals surface area contributed by atoms with E-state index in [9.17, 15) is 9.59 Å². The second-order valence-corrected chi connectivity index (χ2v) is 6.43. The number of nitrogens with zero attached hydrogens (tertiary/aromatic N) is 1. The Balaban J connectivity index is 0.00000288. The van der Waals surface area contributed by atoms with Crippen molar-refractivity contribution >= 4 is 24.2 Å². The summed E-state index contributed by atoms with van der Waals surface area (Å²) in [7, 11) is 0. The Morgan fingerprint density at radius 3 is 2.42 bits per heavy atom. The second kappa shape index (κ2) is 10.3. The van der Waals surface area contributed by atoms with Crippen molar-refractivity contribution in [2.75, 3.05) is 6.54 Å². The van der Waals surface area contributed by atoms with E-state index in [1.165, 1.54) is 0 Å². The fourth-order valence-corrected chi connectivity index (χ4v) is 3.18. The summed E-state index contributed by atoms with van der Waals surface area (Å²) in [6, 6.07) is 9.92. The normalized spacial score (nSPS) is 20.0. The Hall–Kier alpha value is -1.59. The largest absolute Gasteiger partial charge is 0.370 e. The van der Waals surface area contributed by atoms with E-state index < -0.39 is 0 Å². The van der Waals surface area contributed by atoms with Gasteiger partial charge in [-0.15, -0.1) is 12.4 Å². The van der Waals surface area contributed by atoms with Gasteiger partial charge in [-0.1, -0.05) is 43.2 Å². The van der Waals surface area contributed by atoms with E-state index >= 15 is 0 Å². The Morgan fingerprint density at radius 2 is 1.79 bits per heavy atom. The van der Waals surface area contributed by atoms with Crippen molar-refractivity contribution in [1.29, 1.82) is 0 Å². The van der Waals surface area contributed by atoms with Gasteiger partial charge in [0.2, 0.25) is 11.8 Å². The number of carbonyl (C=O) groups is 2. The van der Waals surface area contributed by atoms with E-state index in [0.717, 1.165) is 31.2 Å². The quantitative estimate of drug-likeness (QED) is 0.787. The topological polar surface area (TPSA) is 89.4 Å². The van der Waals surface area contributed by atoms with Crippen LogP contribution in [0.15, 0.2) is 30.3 Å². The highest BCUT2D eigenvalue weighted by atomic mass is 35.5. The lowest BCUT2D eigenvalue weighted by atomic mass is 9.82. The highest BCUT2D eigenvalue weighted by Crippen LogP contribution is 2.26. The predicted octanol–water partition coefficient (Wildman–Crippen LogP) is 2.22. The molecular weight excluding hydrogens is 326 g/mol. The third-order valence-corrected chi connectivity index (χ3v) is 4.60. The number of primary amides is 1. The third-order valence-electron chi connectivity index (χ3n) is 4.60. The Labute approximate surface area is 150 Å². The lowest BCUT2D eigenvalue weighted by Gasteiger charge is -2.30. The van der Waals surface area contributed by atoms with Crippen molar-refractivity contribution in [3.05, 3.63) is 35.9 Å². The molecule has 2 unspecified atom stereocenters. The van der Waals surface area contributed by atoms with E-state index in [2.05, 4.69) is 0 Å². The molecule has 0 aromatic heterocycles. The number of carbonyl (C=O) groups excluding carboxylic acids is 2. The van der Waals surface area contributed by atoms with Crippen LogP contribution in [0.4, 0.5) is 0 Å². The van der Waals surface area contributed by atoms with Gasteiger partial charge in [0.05, 0.1) is 0 Å². The molecule has 1 saturated carbocycles. The molecule has 0 aliphatic heterocycles. The van der Waals surface area contributed by atoms with E-state index in [-0.39, 0.29) is 42.6 Å². The molecule has 0 spiro atoms. The molecule has 2 amide bonds. The molecule has 5 nitrogen and oxygen atoms in total. The zero-order chi connectivity index (χ0) is 16.7. The number of hydrogen-bond donors (Lipinski definition) is 2. The summed E-state index contributed by atoms with van der Waals surface area (Å²) in [5.41, 5.74) is 12.5. The van der Waals surface area contributed by atoms with Crippen LogP contribution in [-0.4, -0.2) is 29.3 Å². The summed E-state index contributed by atoms with van der Waals surface area (Å²) in [4.78, 5) is 25.5. The van der Waals surface area contributed by atoms with Gasteiger partial charge in [0.15, 0.2) is 0 Å². The second-order valence-electron chi connectivity index (χ2n) is 6.43. The highest BCUT2D eigenvalue weighted by molar-refractivity contribution is 5.85. The van der Waals surface area contributed by atoms with Gasteiger partial charge in [-0.05, 0) is 24.3 Å². The van der Waals surface area contributed by atoms with Gasteiger partial charge in [-0.2, -0.15) is 0 Å². The lowest BCUT2D eigenvalue weighted by molar-refractivity contribution is -0.133. The molecular formula is C18H28ClN3O2. The van der Waals surface area contributed by atoms with E-state index in [4.69, 9.17) is 11.5 Å². The average Bonchev–Trinajstić information content (AvgIpc) is 2.54. The smallest absolute Gasteiger partial charge is 0.223 e. The van der Waals surface area contributed by atoms with Crippen molar-refractivity contribution < 1.29 is 9.59 Å². The third kappa shape index (κ3) is 6.49. The maximum atomic E-state index is 12.7. The minimum absolute atomic E-state index is 0. The van der Waals surface area contributed by atoms with Crippen molar-refractivity contribution in [2.45, 2.75) is 51.1 Å². The highest BCUT2D eigenvalue weighted by Gasteiger charge is 2.26. The minimum atomic E-state index is -0.384. The Bertz CT molecular complexity index is 524. The number of hydrogen-bond acceptors (Lipinski definition) is 3. The van der Waals surface area contributed by atoms with Gasteiger partial charge in [0, 0.05) is 32.0 Å². The maximum Gasteiger partial charge on any atom is 0.223 e. The molecule has 134 valence electrons. The van der Waals surface area contributed by atoms with Crippen molar-refractivity contribution in [3.8, 4) is 0 Å². The molecule has 0 heterocycles. The summed E-state index contributed by atoms with van der Waals surface area (Å²) < 4.78 is 0. The molecule has 0 saturated heterocycles. The zero-order valence-corrected chi connectivity index (χ0v) is 14.8. The number of nitrogens with two attached hydrogens (primary N) is 2. The van der Waals surface area contributed by atoms with Crippen LogP contribution in [0.1, 0.15) is 44.1 Å². The minimum Gasteiger partial charge on any atom is -0.370 e. The molecule has 2 atom stereocenters. The van der Waals surface area contributed by atoms with Crippen LogP contribution >= 0.6 is 12.4 Å². The first-order chi connectivity index (χ1) is 11.1. The molecule has 2 rings (SSSR count). The summed E-state index contributed by atoms with van der Waals surface area (Å²) in [6.07, 6.45) is 4.97. The van der Waals surface area contributed by atoms with Crippen LogP contribution in [0.2, 0.25) is 0 Å². The molecule has 0 radical (unpaired) electrons. The maximum absolute atomic E-state index is 12.7. The van der Waals surface area contributed by atoms with E-state index in [0.29, 0.717) is 19.5 Å². The summed E-state index contributed by atoms with van der Waals surface area (Å²) in [5, 5.41) is 0. The van der Waals surface area contributed by atoms with Crippen LogP contribution in [0.5, 0.6) is 0 Å². The van der Waals surface area contributed by atoms with Gasteiger partial charge < -0.3 is 16.4 Å². The van der Waals surface area contributed by atoms with Gasteiger partial charge in [-0.25, -0.2) is 0 Å². The number of halogens is 1. The predicted molar refractivity (Wildman–Crippen MR) is 97.5 cm³/mol. The lowest BCUT2D eigenvalue weighted by Crippen LogP contribution is -2.39. The van der Waals surface area contributed by atoms with Crippen LogP contribution in [0.3, 0.4) is 0 Å². The molecule has 1 fully saturated rings. The van der Waals surface area contributed by atoms with E-state index in [1.54, 1.807) is 4.90 Å². The van der Waals surface area contributed by atoms with E-state index in [1.807, 2.05) is 30.3 Å². The molecule has 0 bridgehead atoms. The summed E-state index contributed by atoms with van der Waals surface area (Å²) in [5.74, 6) is -0.0641. The first-order valence-corrected chi connectivity index (χ1v) is 8.42. The van der Waals surface area contributed by atoms with Crippen LogP contribution in [0.25, 0.3) is 0 Å². The SMILES string of the molecule is Cl.NC(=O)CCN(Cc1ccccc1)C(=O)CC1CCCCC1N. The Kier molecular flexibility index (Phi) is 8.79. The fourth-order valence-electron chi connectivity index (χ4n) is 3.18. The summed E-state index contributed by atoms with van der Waals surface area (Å²) in [6.45, 7) is 0.875. The monoisotopic (exact) mass is 353 g/mol. The molecule has 1 aliphatic rings. The summed E-state index contributed by atoms with van der Waals surface area (Å²) >= 11 is 0. The van der Waals surface area contributed by atoms with Gasteiger partial charge in [0.25, 0.3) is 0 Å². The Morgan fingerprint density at radius 1 is 1.12 bits per heavy atom. The van der Waals surface area contributed by atoms with Gasteiger partial charge in [0.1, 0.15) is 0 Å². The van der Waals surface area contributed by atoms with Gasteiger partial charge in [-0.3, -0.25) is 9.59 Å². The molecule has 4 N–H and O–H groups in total. The van der Waals surface area contributed by atoms with Gasteiger partial charge >= 0.3 is 0 Å². The average molecular weight is 354 g/mol. The fraction of sp³-hybridized carbons (Fsp3) is 0.556. The van der Waals surface area contributed by atoms with Crippen LogP contribution in [0, 0.1) is 5.92 Å². The molecule has 6 heteroatoms. The first-order valence-electron chi connectivity index (χ1n) is 8.42. The molecule has 1 aromatic carbocycles. The molecule has 1 aromatic rings. The van der Waals surface area contributed by atoms with Crippen molar-refractivity contribution in [2.24, 2.45) is 17.4 Å².